The molecule has 5 heteroatoms. The van der Waals surface area contributed by atoms with Crippen molar-refractivity contribution in [3.63, 3.8) is 0 Å². The number of hydrogen-bond acceptors (Lipinski definition) is 3. The van der Waals surface area contributed by atoms with E-state index in [0.29, 0.717) is 10.0 Å². The SMILES string of the molecule is Cc1noc2c1-c1ccc(Cl)cc1C(c1ccc(Cl)cc1)=NC21CC1. The van der Waals surface area contributed by atoms with Crippen molar-refractivity contribution in [1.82, 2.24) is 5.16 Å². The molecule has 0 unspecified atom stereocenters. The largest absolute Gasteiger partial charge is 0.358 e. The van der Waals surface area contributed by atoms with Crippen molar-refractivity contribution in [2.75, 3.05) is 0 Å². The minimum Gasteiger partial charge on any atom is -0.358 e. The Morgan fingerprint density at radius 3 is 2.40 bits per heavy atom. The lowest BCUT2D eigenvalue weighted by Crippen LogP contribution is -2.09. The Hall–Kier alpha value is -2.10. The van der Waals surface area contributed by atoms with Crippen molar-refractivity contribution in [2.45, 2.75) is 25.3 Å². The summed E-state index contributed by atoms with van der Waals surface area (Å²) in [5, 5.41) is 5.60. The number of benzene rings is 2. The van der Waals surface area contributed by atoms with Crippen LogP contribution in [0.3, 0.4) is 0 Å². The first kappa shape index (κ1) is 15.2. The molecule has 3 aromatic rings. The zero-order chi connectivity index (χ0) is 17.2. The molecule has 0 N–H and O–H groups in total. The van der Waals surface area contributed by atoms with E-state index in [1.807, 2.05) is 49.4 Å². The fraction of sp³-hybridized carbons (Fsp3) is 0.200. The molecule has 1 spiro atoms. The van der Waals surface area contributed by atoms with E-state index >= 15 is 0 Å². The molecule has 2 aliphatic rings. The summed E-state index contributed by atoms with van der Waals surface area (Å²) in [6.45, 7) is 1.98. The van der Waals surface area contributed by atoms with Crippen LogP contribution in [-0.2, 0) is 5.54 Å². The first-order chi connectivity index (χ1) is 12.1. The van der Waals surface area contributed by atoms with Gasteiger partial charge in [0.25, 0.3) is 0 Å². The van der Waals surface area contributed by atoms with Gasteiger partial charge in [-0.15, -0.1) is 0 Å². The maximum absolute atomic E-state index is 6.32. The molecular formula is C20H14Cl2N2O. The summed E-state index contributed by atoms with van der Waals surface area (Å²) in [5.74, 6) is 0.873. The van der Waals surface area contributed by atoms with E-state index in [1.165, 1.54) is 0 Å². The zero-order valence-corrected chi connectivity index (χ0v) is 15.0. The van der Waals surface area contributed by atoms with Gasteiger partial charge in [0, 0.05) is 21.2 Å². The van der Waals surface area contributed by atoms with E-state index in [1.54, 1.807) is 0 Å². The second kappa shape index (κ2) is 5.20. The number of rotatable bonds is 1. The second-order valence-electron chi connectivity index (χ2n) is 6.66. The molecule has 1 aromatic heterocycles. The third-order valence-electron chi connectivity index (χ3n) is 4.96. The molecule has 0 saturated heterocycles. The van der Waals surface area contributed by atoms with Gasteiger partial charge in [-0.2, -0.15) is 0 Å². The van der Waals surface area contributed by atoms with Crippen LogP contribution in [0.5, 0.6) is 0 Å². The van der Waals surface area contributed by atoms with Gasteiger partial charge in [0.1, 0.15) is 5.54 Å². The van der Waals surface area contributed by atoms with Crippen LogP contribution in [-0.4, -0.2) is 10.9 Å². The van der Waals surface area contributed by atoms with Gasteiger partial charge in [0.05, 0.1) is 17.0 Å². The van der Waals surface area contributed by atoms with Gasteiger partial charge in [-0.3, -0.25) is 4.99 Å². The molecular weight excluding hydrogens is 355 g/mol. The average molecular weight is 369 g/mol. The molecule has 0 bridgehead atoms. The topological polar surface area (TPSA) is 38.4 Å². The summed E-state index contributed by atoms with van der Waals surface area (Å²) in [7, 11) is 0. The third-order valence-corrected chi connectivity index (χ3v) is 5.45. The molecule has 5 rings (SSSR count). The Labute approximate surface area is 155 Å². The predicted octanol–water partition coefficient (Wildman–Crippen LogP) is 5.80. The summed E-state index contributed by atoms with van der Waals surface area (Å²) in [5.41, 5.74) is 5.65. The summed E-state index contributed by atoms with van der Waals surface area (Å²) < 4.78 is 5.72. The zero-order valence-electron chi connectivity index (χ0n) is 13.5. The van der Waals surface area contributed by atoms with Crippen LogP contribution < -0.4 is 0 Å². The van der Waals surface area contributed by atoms with Crippen LogP contribution in [0.15, 0.2) is 52.0 Å². The van der Waals surface area contributed by atoms with E-state index in [-0.39, 0.29) is 5.54 Å². The van der Waals surface area contributed by atoms with Gasteiger partial charge < -0.3 is 4.52 Å². The molecule has 25 heavy (non-hydrogen) atoms. The highest BCUT2D eigenvalue weighted by atomic mass is 35.5. The second-order valence-corrected chi connectivity index (χ2v) is 7.53. The van der Waals surface area contributed by atoms with Gasteiger partial charge in [-0.25, -0.2) is 0 Å². The molecule has 2 aromatic carbocycles. The van der Waals surface area contributed by atoms with Crippen molar-refractivity contribution < 1.29 is 4.52 Å². The molecule has 1 fully saturated rings. The highest BCUT2D eigenvalue weighted by Gasteiger charge is 2.52. The summed E-state index contributed by atoms with van der Waals surface area (Å²) >= 11 is 12.4. The Bertz CT molecular complexity index is 1030. The van der Waals surface area contributed by atoms with Gasteiger partial charge in [-0.05, 0) is 49.6 Å². The van der Waals surface area contributed by atoms with Crippen LogP contribution in [0.25, 0.3) is 11.1 Å². The summed E-state index contributed by atoms with van der Waals surface area (Å²) in [4.78, 5) is 5.14. The highest BCUT2D eigenvalue weighted by molar-refractivity contribution is 6.32. The first-order valence-corrected chi connectivity index (χ1v) is 8.96. The molecule has 0 amide bonds. The number of hydrogen-bond donors (Lipinski definition) is 0. The molecule has 0 radical (unpaired) electrons. The average Bonchev–Trinajstić information content (AvgIpc) is 3.30. The Morgan fingerprint density at radius 1 is 0.960 bits per heavy atom. The van der Waals surface area contributed by atoms with Crippen LogP contribution in [0.1, 0.15) is 35.4 Å². The number of aryl methyl sites for hydroxylation is 1. The maximum Gasteiger partial charge on any atom is 0.172 e. The fourth-order valence-corrected chi connectivity index (χ4v) is 3.84. The van der Waals surface area contributed by atoms with Crippen molar-refractivity contribution in [1.29, 1.82) is 0 Å². The molecule has 1 aliphatic heterocycles. The minimum atomic E-state index is -0.308. The monoisotopic (exact) mass is 368 g/mol. The van der Waals surface area contributed by atoms with Crippen LogP contribution in [0.4, 0.5) is 0 Å². The number of halogens is 2. The number of nitrogens with zero attached hydrogens (tertiary/aromatic N) is 2. The minimum absolute atomic E-state index is 0.308. The highest BCUT2D eigenvalue weighted by Crippen LogP contribution is 2.55. The quantitative estimate of drug-likeness (QED) is 0.544. The van der Waals surface area contributed by atoms with E-state index in [9.17, 15) is 0 Å². The standard InChI is InChI=1S/C20H14Cl2N2O/c1-11-17-15-7-6-14(22)10-16(15)18(12-2-4-13(21)5-3-12)23-20(8-9-20)19(17)25-24-11/h2-7,10H,8-9H2,1H3. The lowest BCUT2D eigenvalue weighted by Gasteiger charge is -2.12. The fourth-order valence-electron chi connectivity index (χ4n) is 3.55. The van der Waals surface area contributed by atoms with Crippen molar-refractivity contribution in [3.05, 3.63) is 75.1 Å². The van der Waals surface area contributed by atoms with Crippen LogP contribution in [0.2, 0.25) is 10.0 Å². The molecule has 1 saturated carbocycles. The van der Waals surface area contributed by atoms with Crippen molar-refractivity contribution >= 4 is 28.9 Å². The van der Waals surface area contributed by atoms with E-state index in [4.69, 9.17) is 32.7 Å². The molecule has 3 nitrogen and oxygen atoms in total. The van der Waals surface area contributed by atoms with Crippen molar-refractivity contribution in [2.24, 2.45) is 4.99 Å². The van der Waals surface area contributed by atoms with E-state index in [0.717, 1.165) is 52.3 Å². The number of fused-ring (bicyclic) bond motifs is 4. The van der Waals surface area contributed by atoms with Crippen LogP contribution >= 0.6 is 23.2 Å². The van der Waals surface area contributed by atoms with Crippen LogP contribution in [0, 0.1) is 6.92 Å². The van der Waals surface area contributed by atoms with E-state index in [2.05, 4.69) is 5.16 Å². The Morgan fingerprint density at radius 2 is 1.68 bits per heavy atom. The lowest BCUT2D eigenvalue weighted by atomic mass is 9.93. The molecule has 1 aliphatic carbocycles. The Kier molecular flexibility index (Phi) is 3.16. The van der Waals surface area contributed by atoms with Crippen molar-refractivity contribution in [3.8, 4) is 11.1 Å². The maximum atomic E-state index is 6.32. The van der Waals surface area contributed by atoms with Gasteiger partial charge >= 0.3 is 0 Å². The lowest BCUT2D eigenvalue weighted by molar-refractivity contribution is 0.354. The van der Waals surface area contributed by atoms with E-state index < -0.39 is 0 Å². The van der Waals surface area contributed by atoms with Gasteiger partial charge in [0.2, 0.25) is 0 Å². The summed E-state index contributed by atoms with van der Waals surface area (Å²) in [6.07, 6.45) is 1.93. The van der Waals surface area contributed by atoms with Gasteiger partial charge in [0.15, 0.2) is 5.76 Å². The first-order valence-electron chi connectivity index (χ1n) is 8.20. The smallest absolute Gasteiger partial charge is 0.172 e. The number of aliphatic imine (C=N–C) groups is 1. The predicted molar refractivity (Wildman–Crippen MR) is 99.7 cm³/mol. The normalized spacial score (nSPS) is 16.8. The summed E-state index contributed by atoms with van der Waals surface area (Å²) in [6, 6.07) is 13.7. The molecule has 2 heterocycles. The molecule has 0 atom stereocenters. The number of aromatic nitrogens is 1. The molecule has 124 valence electrons. The Balaban J connectivity index is 1.84. The van der Waals surface area contributed by atoms with Gasteiger partial charge in [-0.1, -0.05) is 46.6 Å². The third kappa shape index (κ3) is 2.26.